The highest BCUT2D eigenvalue weighted by molar-refractivity contribution is 5.36. The van der Waals surface area contributed by atoms with Crippen molar-refractivity contribution in [3.63, 3.8) is 0 Å². The summed E-state index contributed by atoms with van der Waals surface area (Å²) in [4.78, 5) is 2.21. The topological polar surface area (TPSA) is 51.6 Å². The summed E-state index contributed by atoms with van der Waals surface area (Å²) in [5.74, 6) is 1.80. The van der Waals surface area contributed by atoms with Gasteiger partial charge in [0.15, 0.2) is 0 Å². The summed E-state index contributed by atoms with van der Waals surface area (Å²) in [6.45, 7) is 2.82. The smallest absolute Gasteiger partial charge is 0.123 e. The molecule has 4 nitrogen and oxygen atoms in total. The quantitative estimate of drug-likeness (QED) is 0.850. The molecule has 21 heavy (non-hydrogen) atoms. The van der Waals surface area contributed by atoms with Crippen molar-refractivity contribution >= 4 is 0 Å². The van der Waals surface area contributed by atoms with Crippen LogP contribution in [0.4, 0.5) is 0 Å². The molecule has 2 unspecified atom stereocenters. The Bertz CT molecular complexity index is 539. The van der Waals surface area contributed by atoms with Gasteiger partial charge < -0.3 is 14.9 Å². The lowest BCUT2D eigenvalue weighted by Crippen LogP contribution is -2.38. The van der Waals surface area contributed by atoms with Crippen LogP contribution < -0.4 is 10.5 Å². The molecule has 0 spiro atoms. The van der Waals surface area contributed by atoms with E-state index in [1.807, 2.05) is 30.3 Å². The molecule has 1 heterocycles. The Morgan fingerprint density at radius 3 is 2.62 bits per heavy atom. The van der Waals surface area contributed by atoms with Gasteiger partial charge in [-0.25, -0.2) is 0 Å². The van der Waals surface area contributed by atoms with Crippen molar-refractivity contribution in [3.05, 3.63) is 54.0 Å². The number of hydrogen-bond acceptors (Lipinski definition) is 4. The predicted octanol–water partition coefficient (Wildman–Crippen LogP) is 3.20. The van der Waals surface area contributed by atoms with Crippen LogP contribution in [-0.2, 0) is 6.54 Å². The summed E-state index contributed by atoms with van der Waals surface area (Å²) in [7, 11) is 3.76. The van der Waals surface area contributed by atoms with Gasteiger partial charge in [-0.2, -0.15) is 0 Å². The van der Waals surface area contributed by atoms with Gasteiger partial charge in [0.25, 0.3) is 0 Å². The lowest BCUT2D eigenvalue weighted by atomic mass is 9.95. The fourth-order valence-electron chi connectivity index (χ4n) is 2.68. The molecule has 0 saturated heterocycles. The van der Waals surface area contributed by atoms with Gasteiger partial charge in [-0.3, -0.25) is 4.90 Å². The SMILES string of the molecule is CCC(N)C(c1ccccc1OC)N(C)Cc1ccco1. The summed E-state index contributed by atoms with van der Waals surface area (Å²) >= 11 is 0. The van der Waals surface area contributed by atoms with Crippen molar-refractivity contribution in [3.8, 4) is 5.75 Å². The highest BCUT2D eigenvalue weighted by atomic mass is 16.5. The van der Waals surface area contributed by atoms with Crippen molar-refractivity contribution in [2.24, 2.45) is 5.73 Å². The van der Waals surface area contributed by atoms with Gasteiger partial charge in [-0.1, -0.05) is 25.1 Å². The monoisotopic (exact) mass is 288 g/mol. The fraction of sp³-hybridized carbons (Fsp3) is 0.412. The number of ether oxygens (including phenoxy) is 1. The highest BCUT2D eigenvalue weighted by Crippen LogP contribution is 2.32. The van der Waals surface area contributed by atoms with Gasteiger partial charge in [0.05, 0.1) is 26.0 Å². The third kappa shape index (κ3) is 3.65. The van der Waals surface area contributed by atoms with Crippen LogP contribution in [0, 0.1) is 0 Å². The Hall–Kier alpha value is -1.78. The molecular weight excluding hydrogens is 264 g/mol. The van der Waals surface area contributed by atoms with Crippen molar-refractivity contribution in [2.45, 2.75) is 32.0 Å². The van der Waals surface area contributed by atoms with E-state index < -0.39 is 0 Å². The Labute approximate surface area is 126 Å². The van der Waals surface area contributed by atoms with Crippen molar-refractivity contribution < 1.29 is 9.15 Å². The van der Waals surface area contributed by atoms with Crippen LogP contribution in [0.5, 0.6) is 5.75 Å². The molecule has 114 valence electrons. The normalized spacial score (nSPS) is 14.1. The van der Waals surface area contributed by atoms with E-state index in [1.54, 1.807) is 13.4 Å². The molecule has 2 aromatic rings. The molecule has 2 atom stereocenters. The first-order chi connectivity index (χ1) is 10.2. The molecule has 1 aromatic heterocycles. The third-order valence-electron chi connectivity index (χ3n) is 3.79. The molecule has 2 rings (SSSR count). The molecule has 0 aliphatic heterocycles. The van der Waals surface area contributed by atoms with Crippen molar-refractivity contribution in [2.75, 3.05) is 14.2 Å². The molecule has 4 heteroatoms. The lowest BCUT2D eigenvalue weighted by molar-refractivity contribution is 0.184. The van der Waals surface area contributed by atoms with Crippen LogP contribution in [0.3, 0.4) is 0 Å². The van der Waals surface area contributed by atoms with Crippen LogP contribution in [0.15, 0.2) is 47.1 Å². The zero-order valence-corrected chi connectivity index (χ0v) is 13.0. The molecule has 0 saturated carbocycles. The summed E-state index contributed by atoms with van der Waals surface area (Å²) in [5, 5.41) is 0. The minimum Gasteiger partial charge on any atom is -0.496 e. The molecule has 0 bridgehead atoms. The molecule has 0 fully saturated rings. The Morgan fingerprint density at radius 1 is 1.24 bits per heavy atom. The van der Waals surface area contributed by atoms with Crippen LogP contribution in [0.2, 0.25) is 0 Å². The molecule has 0 aliphatic rings. The maximum atomic E-state index is 6.37. The largest absolute Gasteiger partial charge is 0.496 e. The van der Waals surface area contributed by atoms with Gasteiger partial charge in [-0.15, -0.1) is 0 Å². The van der Waals surface area contributed by atoms with E-state index in [2.05, 4.69) is 24.9 Å². The Morgan fingerprint density at radius 2 is 2.00 bits per heavy atom. The maximum Gasteiger partial charge on any atom is 0.123 e. The van der Waals surface area contributed by atoms with Gasteiger partial charge in [-0.05, 0) is 31.7 Å². The second-order valence-corrected chi connectivity index (χ2v) is 5.25. The van der Waals surface area contributed by atoms with Gasteiger partial charge in [0, 0.05) is 11.6 Å². The lowest BCUT2D eigenvalue weighted by Gasteiger charge is -2.33. The van der Waals surface area contributed by atoms with E-state index >= 15 is 0 Å². The Balaban J connectivity index is 2.29. The van der Waals surface area contributed by atoms with Crippen LogP contribution in [-0.4, -0.2) is 25.1 Å². The third-order valence-corrected chi connectivity index (χ3v) is 3.79. The van der Waals surface area contributed by atoms with E-state index in [-0.39, 0.29) is 12.1 Å². The van der Waals surface area contributed by atoms with Crippen LogP contribution in [0.1, 0.15) is 30.7 Å². The minimum atomic E-state index is 0.0289. The molecule has 0 aliphatic carbocycles. The second-order valence-electron chi connectivity index (χ2n) is 5.25. The molecule has 0 radical (unpaired) electrons. The van der Waals surface area contributed by atoms with Crippen LogP contribution in [0.25, 0.3) is 0 Å². The average molecular weight is 288 g/mol. The summed E-state index contributed by atoms with van der Waals surface area (Å²) < 4.78 is 10.9. The first kappa shape index (κ1) is 15.6. The summed E-state index contributed by atoms with van der Waals surface area (Å²) in [6, 6.07) is 12.0. The fourth-order valence-corrected chi connectivity index (χ4v) is 2.68. The molecule has 2 N–H and O–H groups in total. The number of para-hydroxylation sites is 1. The van der Waals surface area contributed by atoms with E-state index in [1.165, 1.54) is 0 Å². The van der Waals surface area contributed by atoms with Crippen molar-refractivity contribution in [1.29, 1.82) is 0 Å². The number of methoxy groups -OCH3 is 1. The number of likely N-dealkylation sites (N-methyl/N-ethyl adjacent to an activating group) is 1. The first-order valence-electron chi connectivity index (χ1n) is 7.28. The number of nitrogens with zero attached hydrogens (tertiary/aromatic N) is 1. The number of furan rings is 1. The molecule has 1 aromatic carbocycles. The maximum absolute atomic E-state index is 6.37. The van der Waals surface area contributed by atoms with E-state index in [0.29, 0.717) is 6.54 Å². The van der Waals surface area contributed by atoms with Gasteiger partial charge in [0.1, 0.15) is 11.5 Å². The average Bonchev–Trinajstić information content (AvgIpc) is 3.00. The second kappa shape index (κ2) is 7.29. The zero-order chi connectivity index (χ0) is 15.2. The zero-order valence-electron chi connectivity index (χ0n) is 13.0. The van der Waals surface area contributed by atoms with Gasteiger partial charge in [0.2, 0.25) is 0 Å². The summed E-state index contributed by atoms with van der Waals surface area (Å²) in [5.41, 5.74) is 7.49. The number of nitrogens with two attached hydrogens (primary N) is 1. The molecule has 0 amide bonds. The van der Waals surface area contributed by atoms with E-state index in [9.17, 15) is 0 Å². The first-order valence-corrected chi connectivity index (χ1v) is 7.28. The highest BCUT2D eigenvalue weighted by Gasteiger charge is 2.26. The Kier molecular flexibility index (Phi) is 5.42. The number of rotatable bonds is 7. The standard InChI is InChI=1S/C17H24N2O2/c1-4-15(18)17(14-9-5-6-10-16(14)20-3)19(2)12-13-8-7-11-21-13/h5-11,15,17H,4,12,18H2,1-3H3. The van der Waals surface area contributed by atoms with E-state index in [4.69, 9.17) is 14.9 Å². The van der Waals surface area contributed by atoms with Gasteiger partial charge >= 0.3 is 0 Å². The van der Waals surface area contributed by atoms with E-state index in [0.717, 1.165) is 23.5 Å². The van der Waals surface area contributed by atoms with Crippen LogP contribution >= 0.6 is 0 Å². The molecular formula is C17H24N2O2. The predicted molar refractivity (Wildman–Crippen MR) is 84.2 cm³/mol. The number of hydrogen-bond donors (Lipinski definition) is 1. The minimum absolute atomic E-state index is 0.0289. The number of benzene rings is 1. The summed E-state index contributed by atoms with van der Waals surface area (Å²) in [6.07, 6.45) is 2.59. The van der Waals surface area contributed by atoms with Crippen molar-refractivity contribution in [1.82, 2.24) is 4.90 Å².